The topological polar surface area (TPSA) is 17.1 Å². The third kappa shape index (κ3) is 8.46. The molecular weight excluding hydrogens is 356 g/mol. The van der Waals surface area contributed by atoms with Crippen LogP contribution >= 0.6 is 22.7 Å². The molecule has 1 nitrogen and oxygen atoms in total. The summed E-state index contributed by atoms with van der Waals surface area (Å²) in [4.78, 5) is 15.4. The zero-order valence-corrected chi connectivity index (χ0v) is 17.7. The molecule has 2 aromatic rings. The summed E-state index contributed by atoms with van der Waals surface area (Å²) in [6, 6.07) is 8.36. The van der Waals surface area contributed by atoms with Crippen molar-refractivity contribution in [3.63, 3.8) is 0 Å². The molecule has 0 amide bonds. The Morgan fingerprint density at radius 3 is 1.85 bits per heavy atom. The Hall–Kier alpha value is -1.19. The number of aryl methyl sites for hydroxylation is 1. The summed E-state index contributed by atoms with van der Waals surface area (Å²) < 4.78 is 0. The number of unbranched alkanes of at least 4 members (excludes halogenated alkanes) is 9. The average Bonchev–Trinajstić information content (AvgIpc) is 3.30. The highest BCUT2D eigenvalue weighted by molar-refractivity contribution is 7.14. The molecule has 0 aliphatic carbocycles. The SMILES string of the molecule is CCCCCCCCCCCCc1ccc(/C=C/c2ccc(C=O)s2)s1. The first-order valence-electron chi connectivity index (χ1n) is 10.1. The van der Waals surface area contributed by atoms with Crippen LogP contribution in [0.2, 0.25) is 0 Å². The molecule has 0 saturated carbocycles. The van der Waals surface area contributed by atoms with Gasteiger partial charge in [0.1, 0.15) is 0 Å². The second-order valence-electron chi connectivity index (χ2n) is 6.93. The third-order valence-corrected chi connectivity index (χ3v) is 6.72. The molecule has 0 atom stereocenters. The van der Waals surface area contributed by atoms with Crippen molar-refractivity contribution < 1.29 is 4.79 Å². The van der Waals surface area contributed by atoms with Crippen LogP contribution in [0, 0.1) is 0 Å². The Kier molecular flexibility index (Phi) is 10.6. The van der Waals surface area contributed by atoms with Crippen LogP contribution in [-0.4, -0.2) is 6.29 Å². The van der Waals surface area contributed by atoms with Gasteiger partial charge in [0.15, 0.2) is 6.29 Å². The number of hydrogen-bond donors (Lipinski definition) is 0. The van der Waals surface area contributed by atoms with Gasteiger partial charge < -0.3 is 0 Å². The molecule has 0 unspecified atom stereocenters. The molecule has 0 aliphatic rings. The third-order valence-electron chi connectivity index (χ3n) is 4.63. The lowest BCUT2D eigenvalue weighted by atomic mass is 10.1. The van der Waals surface area contributed by atoms with Crippen molar-refractivity contribution in [3.05, 3.63) is 43.8 Å². The molecule has 142 valence electrons. The van der Waals surface area contributed by atoms with Crippen molar-refractivity contribution in [2.24, 2.45) is 0 Å². The van der Waals surface area contributed by atoms with Gasteiger partial charge in [0.25, 0.3) is 0 Å². The van der Waals surface area contributed by atoms with E-state index in [1.165, 1.54) is 91.7 Å². The number of carbonyl (C=O) groups is 1. The molecule has 0 aliphatic heterocycles. The first-order valence-corrected chi connectivity index (χ1v) is 11.8. The number of aldehydes is 1. The van der Waals surface area contributed by atoms with E-state index in [0.717, 1.165) is 16.0 Å². The zero-order chi connectivity index (χ0) is 18.5. The van der Waals surface area contributed by atoms with Gasteiger partial charge in [-0.1, -0.05) is 64.7 Å². The molecule has 2 aromatic heterocycles. The van der Waals surface area contributed by atoms with E-state index in [4.69, 9.17) is 0 Å². The monoisotopic (exact) mass is 388 g/mol. The summed E-state index contributed by atoms with van der Waals surface area (Å²) in [7, 11) is 0. The molecule has 2 rings (SSSR count). The summed E-state index contributed by atoms with van der Waals surface area (Å²) in [6.07, 6.45) is 20.3. The standard InChI is InChI=1S/C23H32OS2/c1-2-3-4-5-6-7-8-9-10-11-12-20-13-14-21(25-20)15-16-22-17-18-23(19-24)26-22/h13-19H,2-12H2,1H3/b16-15+. The highest BCUT2D eigenvalue weighted by Gasteiger charge is 2.00. The van der Waals surface area contributed by atoms with Gasteiger partial charge >= 0.3 is 0 Å². The van der Waals surface area contributed by atoms with Gasteiger partial charge in [0.2, 0.25) is 0 Å². The number of rotatable bonds is 14. The van der Waals surface area contributed by atoms with E-state index in [1.807, 2.05) is 23.5 Å². The molecule has 2 heterocycles. The lowest BCUT2D eigenvalue weighted by molar-refractivity contribution is 0.112. The predicted molar refractivity (Wildman–Crippen MR) is 119 cm³/mol. The van der Waals surface area contributed by atoms with Gasteiger partial charge in [-0.2, -0.15) is 0 Å². The van der Waals surface area contributed by atoms with Gasteiger partial charge in [-0.05, 0) is 49.3 Å². The summed E-state index contributed by atoms with van der Waals surface area (Å²) in [6.45, 7) is 2.28. The summed E-state index contributed by atoms with van der Waals surface area (Å²) >= 11 is 3.43. The first kappa shape index (κ1) is 21.1. The molecule has 0 radical (unpaired) electrons. The fourth-order valence-electron chi connectivity index (χ4n) is 3.09. The molecular formula is C23H32OS2. The molecule has 3 heteroatoms. The number of thiophene rings is 2. The Labute approximate surface area is 167 Å². The van der Waals surface area contributed by atoms with Crippen LogP contribution in [0.4, 0.5) is 0 Å². The van der Waals surface area contributed by atoms with Crippen LogP contribution in [0.25, 0.3) is 12.2 Å². The Balaban J connectivity index is 1.56. The second-order valence-corrected chi connectivity index (χ2v) is 9.27. The summed E-state index contributed by atoms with van der Waals surface area (Å²) in [5.41, 5.74) is 0. The molecule has 26 heavy (non-hydrogen) atoms. The van der Waals surface area contributed by atoms with Crippen LogP contribution in [0.5, 0.6) is 0 Å². The van der Waals surface area contributed by atoms with Crippen LogP contribution in [0.15, 0.2) is 24.3 Å². The van der Waals surface area contributed by atoms with E-state index in [-0.39, 0.29) is 0 Å². The van der Waals surface area contributed by atoms with Crippen LogP contribution in [0.1, 0.15) is 95.4 Å². The maximum absolute atomic E-state index is 10.7. The lowest BCUT2D eigenvalue weighted by Crippen LogP contribution is -1.84. The van der Waals surface area contributed by atoms with Crippen molar-refractivity contribution >= 4 is 41.1 Å². The Bertz CT molecular complexity index is 651. The van der Waals surface area contributed by atoms with Gasteiger partial charge in [-0.3, -0.25) is 4.79 Å². The van der Waals surface area contributed by atoms with Crippen LogP contribution < -0.4 is 0 Å². The normalized spacial score (nSPS) is 11.4. The smallest absolute Gasteiger partial charge is 0.160 e. The number of carbonyl (C=O) groups excluding carboxylic acids is 1. The van der Waals surface area contributed by atoms with Crippen LogP contribution in [-0.2, 0) is 6.42 Å². The molecule has 0 spiro atoms. The quantitative estimate of drug-likeness (QED) is 0.235. The first-order chi connectivity index (χ1) is 12.8. The fraction of sp³-hybridized carbons (Fsp3) is 0.522. The highest BCUT2D eigenvalue weighted by atomic mass is 32.1. The van der Waals surface area contributed by atoms with E-state index in [1.54, 1.807) is 0 Å². The minimum atomic E-state index is 0.789. The van der Waals surface area contributed by atoms with E-state index < -0.39 is 0 Å². The largest absolute Gasteiger partial charge is 0.297 e. The Morgan fingerprint density at radius 1 is 0.692 bits per heavy atom. The maximum Gasteiger partial charge on any atom is 0.160 e. The molecule has 0 bridgehead atoms. The van der Waals surface area contributed by atoms with Crippen molar-refractivity contribution in [2.75, 3.05) is 0 Å². The summed E-state index contributed by atoms with van der Waals surface area (Å²) in [5.74, 6) is 0. The maximum atomic E-state index is 10.7. The van der Waals surface area contributed by atoms with Gasteiger partial charge in [0, 0.05) is 14.6 Å². The zero-order valence-electron chi connectivity index (χ0n) is 16.0. The highest BCUT2D eigenvalue weighted by Crippen LogP contribution is 2.23. The second kappa shape index (κ2) is 13.1. The molecule has 0 aromatic carbocycles. The van der Waals surface area contributed by atoms with Gasteiger partial charge in [0.05, 0.1) is 4.88 Å². The Morgan fingerprint density at radius 2 is 1.23 bits per heavy atom. The van der Waals surface area contributed by atoms with Gasteiger partial charge in [-0.25, -0.2) is 0 Å². The van der Waals surface area contributed by atoms with Crippen molar-refractivity contribution in [2.45, 2.75) is 77.6 Å². The van der Waals surface area contributed by atoms with Crippen molar-refractivity contribution in [1.82, 2.24) is 0 Å². The van der Waals surface area contributed by atoms with Gasteiger partial charge in [-0.15, -0.1) is 22.7 Å². The van der Waals surface area contributed by atoms with Crippen molar-refractivity contribution in [3.8, 4) is 0 Å². The summed E-state index contributed by atoms with van der Waals surface area (Å²) in [5, 5.41) is 0. The van der Waals surface area contributed by atoms with E-state index in [0.29, 0.717) is 0 Å². The van der Waals surface area contributed by atoms with Crippen molar-refractivity contribution in [1.29, 1.82) is 0 Å². The lowest BCUT2D eigenvalue weighted by Gasteiger charge is -2.01. The number of hydrogen-bond acceptors (Lipinski definition) is 3. The molecule has 0 fully saturated rings. The van der Waals surface area contributed by atoms with E-state index in [9.17, 15) is 4.79 Å². The van der Waals surface area contributed by atoms with E-state index in [2.05, 4.69) is 31.2 Å². The van der Waals surface area contributed by atoms with E-state index >= 15 is 0 Å². The minimum absolute atomic E-state index is 0.789. The molecule has 0 saturated heterocycles. The minimum Gasteiger partial charge on any atom is -0.297 e. The molecule has 0 N–H and O–H groups in total. The average molecular weight is 389 g/mol. The predicted octanol–water partition coefficient (Wildman–Crippen LogP) is 8.26. The fourth-order valence-corrected chi connectivity index (χ4v) is 4.78. The van der Waals surface area contributed by atoms with Crippen LogP contribution in [0.3, 0.4) is 0 Å².